The third-order valence-corrected chi connectivity index (χ3v) is 5.65. The maximum Gasteiger partial charge on any atom is 0.408 e. The number of aliphatic carboxylic acids is 1. The summed E-state index contributed by atoms with van der Waals surface area (Å²) in [6.07, 6.45) is 0.305. The first kappa shape index (κ1) is 18.5. The van der Waals surface area contributed by atoms with Gasteiger partial charge in [0, 0.05) is 5.38 Å². The Balaban J connectivity index is 2.09. The van der Waals surface area contributed by atoms with Crippen LogP contribution < -0.4 is 10.0 Å². The summed E-state index contributed by atoms with van der Waals surface area (Å²) in [7, 11) is -3.48. The lowest BCUT2D eigenvalue weighted by atomic mass is 10.2. The molecular weight excluding hydrogens is 358 g/mol. The second-order valence-corrected chi connectivity index (χ2v) is 9.16. The lowest BCUT2D eigenvalue weighted by Crippen LogP contribution is -2.38. The van der Waals surface area contributed by atoms with Crippen molar-refractivity contribution in [1.29, 1.82) is 0 Å². The van der Waals surface area contributed by atoms with Crippen molar-refractivity contribution in [3.63, 3.8) is 0 Å². The zero-order valence-corrected chi connectivity index (χ0v) is 15.0. The maximum atomic E-state index is 11.9. The molecule has 2 rings (SSSR count). The van der Waals surface area contributed by atoms with Crippen molar-refractivity contribution >= 4 is 38.6 Å². The minimum Gasteiger partial charge on any atom is -0.479 e. The largest absolute Gasteiger partial charge is 0.479 e. The minimum atomic E-state index is -3.48. The smallest absolute Gasteiger partial charge is 0.408 e. The molecule has 1 aliphatic rings. The number of carboxylic acid groups (broad SMARTS) is 1. The second-order valence-electron chi connectivity index (χ2n) is 6.34. The van der Waals surface area contributed by atoms with E-state index in [0.717, 1.165) is 11.3 Å². The third-order valence-electron chi connectivity index (χ3n) is 2.92. The molecule has 9 nitrogen and oxygen atoms in total. The fraction of sp³-hybridized carbons (Fsp3) is 0.615. The van der Waals surface area contributed by atoms with Gasteiger partial charge in [0.25, 0.3) is 0 Å². The molecule has 3 N–H and O–H groups in total. The molecule has 0 aromatic carbocycles. The highest BCUT2D eigenvalue weighted by Crippen LogP contribution is 2.31. The van der Waals surface area contributed by atoms with Gasteiger partial charge in [-0.15, -0.1) is 11.3 Å². The Kier molecular flexibility index (Phi) is 5.04. The van der Waals surface area contributed by atoms with E-state index in [4.69, 9.17) is 4.74 Å². The molecule has 0 aliphatic heterocycles. The van der Waals surface area contributed by atoms with Crippen LogP contribution in [0.2, 0.25) is 0 Å². The van der Waals surface area contributed by atoms with E-state index in [9.17, 15) is 23.1 Å². The molecule has 11 heteroatoms. The molecule has 24 heavy (non-hydrogen) atoms. The molecule has 0 bridgehead atoms. The molecule has 134 valence electrons. The monoisotopic (exact) mass is 377 g/mol. The van der Waals surface area contributed by atoms with Crippen LogP contribution in [0, 0.1) is 0 Å². The van der Waals surface area contributed by atoms with E-state index in [2.05, 4.69) is 15.0 Å². The summed E-state index contributed by atoms with van der Waals surface area (Å²) in [6.45, 7) is 4.95. The third kappa shape index (κ3) is 5.06. The Hall–Kier alpha value is -1.88. The van der Waals surface area contributed by atoms with Crippen LogP contribution in [-0.4, -0.2) is 41.4 Å². The van der Waals surface area contributed by atoms with Gasteiger partial charge >= 0.3 is 12.1 Å². The van der Waals surface area contributed by atoms with Gasteiger partial charge in [-0.25, -0.2) is 23.0 Å². The van der Waals surface area contributed by atoms with E-state index in [0.29, 0.717) is 12.8 Å². The predicted octanol–water partition coefficient (Wildman–Crippen LogP) is 1.70. The van der Waals surface area contributed by atoms with Gasteiger partial charge in [0.15, 0.2) is 11.2 Å². The average molecular weight is 377 g/mol. The molecule has 1 saturated carbocycles. The number of ether oxygens (including phenoxy) is 1. The number of rotatable bonds is 6. The molecule has 1 fully saturated rings. The van der Waals surface area contributed by atoms with Crippen LogP contribution in [0.3, 0.4) is 0 Å². The highest BCUT2D eigenvalue weighted by molar-refractivity contribution is 7.93. The summed E-state index contributed by atoms with van der Waals surface area (Å²) in [4.78, 5) is 27.1. The first-order valence-electron chi connectivity index (χ1n) is 7.17. The molecule has 1 unspecified atom stereocenters. The van der Waals surface area contributed by atoms with Crippen LogP contribution in [0.1, 0.15) is 45.3 Å². The summed E-state index contributed by atoms with van der Waals surface area (Å²) in [5, 5.41) is 12.5. The van der Waals surface area contributed by atoms with Gasteiger partial charge in [-0.05, 0) is 33.6 Å². The van der Waals surface area contributed by atoms with Gasteiger partial charge in [-0.3, -0.25) is 4.72 Å². The van der Waals surface area contributed by atoms with Crippen molar-refractivity contribution in [3.05, 3.63) is 11.1 Å². The number of thiazole rings is 1. The molecule has 1 aromatic heterocycles. The fourth-order valence-electron chi connectivity index (χ4n) is 1.74. The summed E-state index contributed by atoms with van der Waals surface area (Å²) >= 11 is 0.951. The lowest BCUT2D eigenvalue weighted by Gasteiger charge is -2.21. The zero-order chi connectivity index (χ0) is 18.1. The van der Waals surface area contributed by atoms with E-state index >= 15 is 0 Å². The topological polar surface area (TPSA) is 135 Å². The van der Waals surface area contributed by atoms with Gasteiger partial charge in [-0.1, -0.05) is 0 Å². The number of aromatic nitrogens is 1. The number of alkyl carbamates (subject to hydrolysis) is 1. The molecule has 1 atom stereocenters. The van der Waals surface area contributed by atoms with Crippen LogP contribution in [-0.2, 0) is 19.6 Å². The second kappa shape index (κ2) is 6.55. The van der Waals surface area contributed by atoms with Crippen LogP contribution in [0.5, 0.6) is 0 Å². The number of nitrogens with one attached hydrogen (secondary N) is 2. The predicted molar refractivity (Wildman–Crippen MR) is 87.4 cm³/mol. The van der Waals surface area contributed by atoms with Crippen molar-refractivity contribution < 1.29 is 27.9 Å². The molecular formula is C13H19N3O6S2. The van der Waals surface area contributed by atoms with Gasteiger partial charge in [0.05, 0.1) is 10.9 Å². The Morgan fingerprint density at radius 2 is 2.04 bits per heavy atom. The van der Waals surface area contributed by atoms with E-state index in [1.807, 2.05) is 0 Å². The van der Waals surface area contributed by atoms with Crippen LogP contribution in [0.15, 0.2) is 5.38 Å². The number of hydrogen-bond donors (Lipinski definition) is 3. The van der Waals surface area contributed by atoms with Crippen molar-refractivity contribution in [2.75, 3.05) is 4.72 Å². The highest BCUT2D eigenvalue weighted by atomic mass is 32.2. The Bertz CT molecular complexity index is 733. The SMILES string of the molecule is CC(C)(C)OC(=O)NC(C(=O)O)c1csc(NS(=O)(=O)C2CC2)n1. The first-order valence-corrected chi connectivity index (χ1v) is 9.60. The Labute approximate surface area is 143 Å². The molecule has 1 amide bonds. The molecule has 1 heterocycles. The number of carbonyl (C=O) groups excluding carboxylic acids is 1. The highest BCUT2D eigenvalue weighted by Gasteiger charge is 2.36. The van der Waals surface area contributed by atoms with Gasteiger partial charge in [0.1, 0.15) is 5.60 Å². The van der Waals surface area contributed by atoms with E-state index in [1.54, 1.807) is 20.8 Å². The molecule has 0 saturated heterocycles. The van der Waals surface area contributed by atoms with Gasteiger partial charge in [0.2, 0.25) is 10.0 Å². The summed E-state index contributed by atoms with van der Waals surface area (Å²) in [5.74, 6) is -1.33. The Morgan fingerprint density at radius 3 is 2.54 bits per heavy atom. The average Bonchev–Trinajstić information content (AvgIpc) is 3.16. The van der Waals surface area contributed by atoms with E-state index in [-0.39, 0.29) is 10.8 Å². The summed E-state index contributed by atoms with van der Waals surface area (Å²) in [6, 6.07) is -1.43. The fourth-order valence-corrected chi connectivity index (χ4v) is 4.07. The maximum absolute atomic E-state index is 11.9. The van der Waals surface area contributed by atoms with Crippen LogP contribution in [0.25, 0.3) is 0 Å². The number of carbonyl (C=O) groups is 2. The van der Waals surface area contributed by atoms with Crippen molar-refractivity contribution in [2.45, 2.75) is 50.5 Å². The normalized spacial score (nSPS) is 16.3. The standard InChI is InChI=1S/C13H19N3O6S2/c1-13(2,3)22-12(19)15-9(10(17)18)8-6-23-11(14-8)16-24(20,21)7-4-5-7/h6-7,9H,4-5H2,1-3H3,(H,14,16)(H,15,19)(H,17,18). The number of sulfonamides is 1. The minimum absolute atomic E-state index is 0.0202. The quantitative estimate of drug-likeness (QED) is 0.686. The summed E-state index contributed by atoms with van der Waals surface area (Å²) < 4.78 is 31.1. The first-order chi connectivity index (χ1) is 11.0. The lowest BCUT2D eigenvalue weighted by molar-refractivity contribution is -0.139. The summed E-state index contributed by atoms with van der Waals surface area (Å²) in [5.41, 5.74) is -0.757. The van der Waals surface area contributed by atoms with Gasteiger partial charge in [-0.2, -0.15) is 0 Å². The van der Waals surface area contributed by atoms with Crippen molar-refractivity contribution in [1.82, 2.24) is 10.3 Å². The Morgan fingerprint density at radius 1 is 1.42 bits per heavy atom. The van der Waals surface area contributed by atoms with Crippen molar-refractivity contribution in [3.8, 4) is 0 Å². The van der Waals surface area contributed by atoms with Crippen LogP contribution in [0.4, 0.5) is 9.93 Å². The zero-order valence-electron chi connectivity index (χ0n) is 13.4. The molecule has 1 aromatic rings. The molecule has 0 radical (unpaired) electrons. The number of nitrogens with zero attached hydrogens (tertiary/aromatic N) is 1. The van der Waals surface area contributed by atoms with Crippen molar-refractivity contribution in [2.24, 2.45) is 0 Å². The molecule has 0 spiro atoms. The van der Waals surface area contributed by atoms with Gasteiger partial charge < -0.3 is 15.2 Å². The number of amides is 1. The molecule has 1 aliphatic carbocycles. The van der Waals surface area contributed by atoms with Crippen LogP contribution >= 0.6 is 11.3 Å². The number of anilines is 1. The number of carboxylic acids is 1. The van der Waals surface area contributed by atoms with E-state index in [1.165, 1.54) is 5.38 Å². The van der Waals surface area contributed by atoms with E-state index < -0.39 is 39.0 Å². The number of hydrogen-bond acceptors (Lipinski definition) is 7.